The van der Waals surface area contributed by atoms with Crippen LogP contribution in [0.15, 0.2) is 18.2 Å². The molecule has 32 heavy (non-hydrogen) atoms. The van der Waals surface area contributed by atoms with Gasteiger partial charge in [0.25, 0.3) is 0 Å². The molecule has 2 saturated heterocycles. The lowest BCUT2D eigenvalue weighted by atomic mass is 9.98. The van der Waals surface area contributed by atoms with E-state index in [4.69, 9.17) is 18.9 Å². The smallest absolute Gasteiger partial charge is 0.229 e. The van der Waals surface area contributed by atoms with E-state index in [2.05, 4.69) is 0 Å². The minimum absolute atomic E-state index is 0.252. The van der Waals surface area contributed by atoms with E-state index in [-0.39, 0.29) is 12.5 Å². The highest BCUT2D eigenvalue weighted by Gasteiger charge is 2.47. The molecule has 0 bridgehead atoms. The highest BCUT2D eigenvalue weighted by Crippen LogP contribution is 2.30. The third-order valence-corrected chi connectivity index (χ3v) is 6.02. The van der Waals surface area contributed by atoms with Crippen LogP contribution in [0.25, 0.3) is 0 Å². The second-order valence-electron chi connectivity index (χ2n) is 8.83. The van der Waals surface area contributed by atoms with Gasteiger partial charge in [0.2, 0.25) is 6.29 Å². The fourth-order valence-electron chi connectivity index (χ4n) is 3.72. The largest absolute Gasteiger partial charge is 0.462 e. The number of rotatable bonds is 6. The Labute approximate surface area is 186 Å². The Morgan fingerprint density at radius 1 is 0.844 bits per heavy atom. The van der Waals surface area contributed by atoms with Crippen LogP contribution in [0.4, 0.5) is 0 Å². The summed E-state index contributed by atoms with van der Waals surface area (Å²) < 4.78 is 22.4. The quantitative estimate of drug-likeness (QED) is 0.317. The third kappa shape index (κ3) is 5.24. The molecule has 1 aromatic rings. The number of aliphatic hydroxyl groups excluding tert-OH is 6. The molecule has 2 aliphatic heterocycles. The molecule has 1 aromatic carbocycles. The second kappa shape index (κ2) is 10.3. The van der Waals surface area contributed by atoms with E-state index in [0.717, 1.165) is 11.1 Å². The minimum Gasteiger partial charge on any atom is -0.462 e. The van der Waals surface area contributed by atoms with Gasteiger partial charge in [-0.15, -0.1) is 0 Å². The molecule has 6 N–H and O–H groups in total. The maximum absolute atomic E-state index is 10.4. The molecule has 0 aliphatic carbocycles. The molecule has 10 atom stereocenters. The van der Waals surface area contributed by atoms with Crippen LogP contribution in [0, 0.1) is 6.92 Å². The van der Waals surface area contributed by atoms with Crippen LogP contribution in [-0.4, -0.2) is 98.7 Å². The number of benzene rings is 1. The van der Waals surface area contributed by atoms with Crippen LogP contribution < -0.4 is 4.74 Å². The normalized spacial score (nSPS) is 40.5. The van der Waals surface area contributed by atoms with Crippen molar-refractivity contribution >= 4 is 0 Å². The number of hydrogen-bond donors (Lipinski definition) is 6. The first-order valence-electron chi connectivity index (χ1n) is 10.8. The summed E-state index contributed by atoms with van der Waals surface area (Å²) in [4.78, 5) is 0. The summed E-state index contributed by atoms with van der Waals surface area (Å²) in [5.41, 5.74) is 1.83. The van der Waals surface area contributed by atoms with Crippen LogP contribution >= 0.6 is 0 Å². The van der Waals surface area contributed by atoms with Gasteiger partial charge in [0.15, 0.2) is 6.29 Å². The average Bonchev–Trinajstić information content (AvgIpc) is 2.76. The third-order valence-electron chi connectivity index (χ3n) is 6.02. The van der Waals surface area contributed by atoms with Gasteiger partial charge < -0.3 is 49.6 Å². The van der Waals surface area contributed by atoms with Crippen LogP contribution in [0.1, 0.15) is 37.8 Å². The van der Waals surface area contributed by atoms with Crippen molar-refractivity contribution in [3.05, 3.63) is 29.3 Å². The van der Waals surface area contributed by atoms with Crippen molar-refractivity contribution in [3.63, 3.8) is 0 Å². The Morgan fingerprint density at radius 2 is 1.47 bits per heavy atom. The molecule has 0 spiro atoms. The maximum atomic E-state index is 10.4. The topological polar surface area (TPSA) is 158 Å². The summed E-state index contributed by atoms with van der Waals surface area (Å²) in [6.45, 7) is 7.08. The number of aryl methyl sites for hydroxylation is 1. The Kier molecular flexibility index (Phi) is 8.13. The highest BCUT2D eigenvalue weighted by molar-refractivity contribution is 5.38. The molecule has 0 amide bonds. The lowest BCUT2D eigenvalue weighted by molar-refractivity contribution is -0.318. The van der Waals surface area contributed by atoms with Gasteiger partial charge in [0.1, 0.15) is 48.5 Å². The van der Waals surface area contributed by atoms with Crippen LogP contribution in [0.5, 0.6) is 5.75 Å². The summed E-state index contributed by atoms with van der Waals surface area (Å²) in [6, 6.07) is 5.69. The number of hydrogen-bond acceptors (Lipinski definition) is 10. The lowest BCUT2D eigenvalue weighted by Crippen LogP contribution is -2.61. The summed E-state index contributed by atoms with van der Waals surface area (Å²) in [5, 5.41) is 60.8. The Hall–Kier alpha value is -1.34. The van der Waals surface area contributed by atoms with Gasteiger partial charge in [-0.3, -0.25) is 0 Å². The SMILES string of the molecule is Cc1ccc(C(C)C)cc1O[C@@H]1O[C@H](CO[C@@H]2O[C@@H](C)[C@H](O)[C@@H](O)[C@H]2O)[C@@H](O)[C@H](O)[C@H]1O. The molecule has 10 nitrogen and oxygen atoms in total. The first-order valence-corrected chi connectivity index (χ1v) is 10.8. The first kappa shape index (κ1) is 25.3. The fourth-order valence-corrected chi connectivity index (χ4v) is 3.72. The zero-order valence-electron chi connectivity index (χ0n) is 18.6. The van der Waals surface area contributed by atoms with Gasteiger partial charge in [0, 0.05) is 0 Å². The molecule has 2 aliphatic rings. The van der Waals surface area contributed by atoms with E-state index in [1.807, 2.05) is 39.0 Å². The summed E-state index contributed by atoms with van der Waals surface area (Å²) >= 11 is 0. The Balaban J connectivity index is 1.69. The van der Waals surface area contributed by atoms with Gasteiger partial charge in [-0.25, -0.2) is 0 Å². The predicted molar refractivity (Wildman–Crippen MR) is 111 cm³/mol. The van der Waals surface area contributed by atoms with Gasteiger partial charge in [0.05, 0.1) is 12.7 Å². The zero-order valence-corrected chi connectivity index (χ0v) is 18.6. The molecule has 0 unspecified atom stereocenters. The van der Waals surface area contributed by atoms with Crippen LogP contribution in [-0.2, 0) is 14.2 Å². The predicted octanol–water partition coefficient (Wildman–Crippen LogP) is -0.851. The Morgan fingerprint density at radius 3 is 2.12 bits per heavy atom. The number of aliphatic hydroxyl groups is 6. The lowest BCUT2D eigenvalue weighted by Gasteiger charge is -2.42. The van der Waals surface area contributed by atoms with Crippen LogP contribution in [0.3, 0.4) is 0 Å². The monoisotopic (exact) mass is 458 g/mol. The molecule has 10 heteroatoms. The van der Waals surface area contributed by atoms with Crippen molar-refractivity contribution < 1.29 is 49.6 Å². The van der Waals surface area contributed by atoms with E-state index >= 15 is 0 Å². The molecule has 0 aromatic heterocycles. The van der Waals surface area contributed by atoms with E-state index < -0.39 is 61.4 Å². The summed E-state index contributed by atoms with van der Waals surface area (Å²) in [5.74, 6) is 0.724. The highest BCUT2D eigenvalue weighted by atomic mass is 16.7. The Bertz CT molecular complexity index is 758. The van der Waals surface area contributed by atoms with E-state index in [9.17, 15) is 30.6 Å². The molecule has 182 valence electrons. The maximum Gasteiger partial charge on any atom is 0.229 e. The molecule has 2 heterocycles. The summed E-state index contributed by atoms with van der Waals surface area (Å²) in [6.07, 6.45) is -13.3. The second-order valence-corrected chi connectivity index (χ2v) is 8.83. The molecular formula is C22H34O10. The van der Waals surface area contributed by atoms with Crippen molar-refractivity contribution in [1.29, 1.82) is 0 Å². The van der Waals surface area contributed by atoms with Crippen LogP contribution in [0.2, 0.25) is 0 Å². The molecule has 3 rings (SSSR count). The van der Waals surface area contributed by atoms with Gasteiger partial charge in [-0.2, -0.15) is 0 Å². The van der Waals surface area contributed by atoms with Gasteiger partial charge in [-0.1, -0.05) is 26.0 Å². The fraction of sp³-hybridized carbons (Fsp3) is 0.727. The molecular weight excluding hydrogens is 424 g/mol. The number of ether oxygens (including phenoxy) is 4. The standard InChI is InChI=1S/C22H34O10/c1-9(2)12-6-5-10(3)13(7-12)31-22-20(28)18(26)16(24)14(32-22)8-29-21-19(27)17(25)15(23)11(4)30-21/h5-7,9,11,14-28H,8H2,1-4H3/t11-,14+,15-,16+,17+,18-,19+,20+,21+,22+/m0/s1. The van der Waals surface area contributed by atoms with E-state index in [1.165, 1.54) is 6.92 Å². The molecule has 0 saturated carbocycles. The van der Waals surface area contributed by atoms with Crippen molar-refractivity contribution in [2.24, 2.45) is 0 Å². The van der Waals surface area contributed by atoms with Gasteiger partial charge >= 0.3 is 0 Å². The minimum atomic E-state index is -1.57. The average molecular weight is 459 g/mol. The molecule has 0 radical (unpaired) electrons. The van der Waals surface area contributed by atoms with Crippen molar-refractivity contribution in [2.45, 2.75) is 95.0 Å². The van der Waals surface area contributed by atoms with E-state index in [0.29, 0.717) is 5.75 Å². The first-order chi connectivity index (χ1) is 15.0. The van der Waals surface area contributed by atoms with Gasteiger partial charge in [-0.05, 0) is 37.0 Å². The van der Waals surface area contributed by atoms with E-state index in [1.54, 1.807) is 0 Å². The van der Waals surface area contributed by atoms with Crippen molar-refractivity contribution in [1.82, 2.24) is 0 Å². The van der Waals surface area contributed by atoms with Crippen molar-refractivity contribution in [3.8, 4) is 5.75 Å². The zero-order chi connectivity index (χ0) is 23.7. The summed E-state index contributed by atoms with van der Waals surface area (Å²) in [7, 11) is 0. The van der Waals surface area contributed by atoms with Crippen molar-refractivity contribution in [2.75, 3.05) is 6.61 Å². The molecule has 2 fully saturated rings.